The third kappa shape index (κ3) is 31.5. The highest BCUT2D eigenvalue weighted by Gasteiger charge is 1.96. The molecule has 0 rings (SSSR count). The second-order valence-corrected chi connectivity index (χ2v) is 10.6. The summed E-state index contributed by atoms with van der Waals surface area (Å²) in [6.45, 7) is 3.10. The minimum Gasteiger partial charge on any atom is -0.348 e. The summed E-state index contributed by atoms with van der Waals surface area (Å²) in [6.07, 6.45) is 41.8. The van der Waals surface area contributed by atoms with Gasteiger partial charge in [0.25, 0.3) is 0 Å². The van der Waals surface area contributed by atoms with E-state index < -0.39 is 0 Å². The second-order valence-electron chi connectivity index (χ2n) is 10.6. The largest absolute Gasteiger partial charge is 0.348 e. The lowest BCUT2D eigenvalue weighted by atomic mass is 10.0. The molecule has 0 aromatic rings. The van der Waals surface area contributed by atoms with Crippen LogP contribution < -0.4 is 5.32 Å². The van der Waals surface area contributed by atoms with Crippen molar-refractivity contribution in [3.8, 4) is 0 Å². The van der Waals surface area contributed by atoms with Crippen molar-refractivity contribution in [3.63, 3.8) is 0 Å². The maximum absolute atomic E-state index is 10.0. The maximum atomic E-state index is 10.0. The van der Waals surface area contributed by atoms with Gasteiger partial charge < -0.3 is 5.32 Å². The second kappa shape index (κ2) is 31.5. The summed E-state index contributed by atoms with van der Waals surface area (Å²) in [5.74, 6) is 0. The number of hydrogen-bond donors (Lipinski definition) is 1. The summed E-state index contributed by atoms with van der Waals surface area (Å²) < 4.78 is 0. The zero-order valence-corrected chi connectivity index (χ0v) is 22.9. The molecule has 1 radical (unpaired) electrons. The van der Waals surface area contributed by atoms with Crippen molar-refractivity contribution in [2.45, 2.75) is 187 Å². The molecule has 0 aromatic heterocycles. The lowest BCUT2D eigenvalue weighted by Crippen LogP contribution is -2.11. The first-order valence-electron chi connectivity index (χ1n) is 15.5. The van der Waals surface area contributed by atoms with Crippen LogP contribution in [-0.4, -0.2) is 13.0 Å². The first-order chi connectivity index (χ1) is 16.4. The minimum atomic E-state index is 0.795. The zero-order chi connectivity index (χ0) is 23.9. The van der Waals surface area contributed by atoms with Gasteiger partial charge in [0.1, 0.15) is 0 Å². The lowest BCUT2D eigenvalue weighted by Gasteiger charge is -2.04. The van der Waals surface area contributed by atoms with Crippen LogP contribution in [0.3, 0.4) is 0 Å². The van der Waals surface area contributed by atoms with Gasteiger partial charge in [0, 0.05) is 6.54 Å². The van der Waals surface area contributed by atoms with Gasteiger partial charge in [-0.1, -0.05) is 180 Å². The van der Waals surface area contributed by atoms with Gasteiger partial charge >= 0.3 is 6.41 Å². The number of unbranched alkanes of at least 4 members (excludes halogenated alkanes) is 27. The predicted octanol–water partition coefficient (Wildman–Crippen LogP) is 10.6. The first-order valence-corrected chi connectivity index (χ1v) is 15.5. The standard InChI is InChI=1S/C31H62NO/c1-2-3-4-5-6-7-8-9-10-11-12-13-14-15-16-17-18-19-20-21-22-23-24-25-26-27-28-29-30-32-31-33/h2-30H2,1H3,(H,32,33). The molecule has 0 fully saturated rings. The predicted molar refractivity (Wildman–Crippen MR) is 149 cm³/mol. The number of nitrogens with one attached hydrogen (secondary N) is 1. The van der Waals surface area contributed by atoms with Crippen LogP contribution in [-0.2, 0) is 4.79 Å². The molecule has 0 unspecified atom stereocenters. The van der Waals surface area contributed by atoms with E-state index in [1.165, 1.54) is 173 Å². The lowest BCUT2D eigenvalue weighted by molar-refractivity contribution is 0.513. The van der Waals surface area contributed by atoms with Crippen molar-refractivity contribution in [2.24, 2.45) is 0 Å². The van der Waals surface area contributed by atoms with Crippen molar-refractivity contribution in [1.82, 2.24) is 5.32 Å². The molecule has 0 bridgehead atoms. The number of amides is 1. The molecular formula is C31H62NO. The Kier molecular flexibility index (Phi) is 31.0. The molecule has 2 nitrogen and oxygen atoms in total. The molecule has 0 aromatic carbocycles. The van der Waals surface area contributed by atoms with E-state index in [0.717, 1.165) is 13.0 Å². The summed E-state index contributed by atoms with van der Waals surface area (Å²) in [7, 11) is 0. The van der Waals surface area contributed by atoms with Gasteiger partial charge in [-0.25, -0.2) is 0 Å². The van der Waals surface area contributed by atoms with Crippen LogP contribution in [0.2, 0.25) is 0 Å². The zero-order valence-electron chi connectivity index (χ0n) is 22.9. The Morgan fingerprint density at radius 2 is 0.576 bits per heavy atom. The fourth-order valence-corrected chi connectivity index (χ4v) is 4.93. The van der Waals surface area contributed by atoms with Crippen LogP contribution in [0.25, 0.3) is 0 Å². The molecule has 33 heavy (non-hydrogen) atoms. The molecule has 0 saturated carbocycles. The number of hydrogen-bond acceptors (Lipinski definition) is 1. The van der Waals surface area contributed by atoms with Gasteiger partial charge in [-0.3, -0.25) is 4.79 Å². The topological polar surface area (TPSA) is 29.1 Å². The summed E-state index contributed by atoms with van der Waals surface area (Å²) in [5, 5.41) is 2.61. The summed E-state index contributed by atoms with van der Waals surface area (Å²) >= 11 is 0. The summed E-state index contributed by atoms with van der Waals surface area (Å²) in [6, 6.07) is 0. The molecule has 197 valence electrons. The van der Waals surface area contributed by atoms with Gasteiger partial charge in [0.05, 0.1) is 0 Å². The Morgan fingerprint density at radius 3 is 0.788 bits per heavy atom. The minimum absolute atomic E-state index is 0.795. The van der Waals surface area contributed by atoms with E-state index >= 15 is 0 Å². The molecule has 0 saturated heterocycles. The van der Waals surface area contributed by atoms with E-state index in [2.05, 4.69) is 12.2 Å². The molecule has 0 heterocycles. The highest BCUT2D eigenvalue weighted by Crippen LogP contribution is 2.16. The Morgan fingerprint density at radius 1 is 0.364 bits per heavy atom. The monoisotopic (exact) mass is 464 g/mol. The van der Waals surface area contributed by atoms with Crippen LogP contribution in [0, 0.1) is 0 Å². The van der Waals surface area contributed by atoms with Crippen molar-refractivity contribution in [2.75, 3.05) is 6.54 Å². The maximum Gasteiger partial charge on any atom is 0.309 e. The van der Waals surface area contributed by atoms with Gasteiger partial charge in [0.2, 0.25) is 0 Å². The van der Waals surface area contributed by atoms with E-state index in [4.69, 9.17) is 0 Å². The smallest absolute Gasteiger partial charge is 0.309 e. The van der Waals surface area contributed by atoms with E-state index in [-0.39, 0.29) is 0 Å². The quantitative estimate of drug-likeness (QED) is 0.0831. The molecule has 0 aliphatic heterocycles. The molecule has 1 amide bonds. The van der Waals surface area contributed by atoms with Crippen LogP contribution in [0.4, 0.5) is 0 Å². The molecule has 0 aliphatic rings. The Bertz CT molecular complexity index is 344. The third-order valence-corrected chi connectivity index (χ3v) is 7.23. The molecular weight excluding hydrogens is 402 g/mol. The number of rotatable bonds is 30. The average molecular weight is 465 g/mol. The van der Waals surface area contributed by atoms with Crippen LogP contribution >= 0.6 is 0 Å². The van der Waals surface area contributed by atoms with Gasteiger partial charge in [-0.15, -0.1) is 0 Å². The Balaban J connectivity index is 2.99. The average Bonchev–Trinajstić information content (AvgIpc) is 2.83. The van der Waals surface area contributed by atoms with Crippen LogP contribution in [0.1, 0.15) is 187 Å². The van der Waals surface area contributed by atoms with E-state index in [1.807, 2.05) is 0 Å². The fraction of sp³-hybridized carbons (Fsp3) is 0.968. The van der Waals surface area contributed by atoms with Crippen LogP contribution in [0.15, 0.2) is 0 Å². The number of carbonyl (C=O) groups excluding carboxylic acids is 1. The molecule has 0 spiro atoms. The normalized spacial score (nSPS) is 11.2. The van der Waals surface area contributed by atoms with Crippen molar-refractivity contribution in [3.05, 3.63) is 0 Å². The Labute approximate surface area is 209 Å². The molecule has 0 atom stereocenters. The molecule has 2 heteroatoms. The fourth-order valence-electron chi connectivity index (χ4n) is 4.93. The first kappa shape index (κ1) is 32.5. The van der Waals surface area contributed by atoms with Crippen LogP contribution in [0.5, 0.6) is 0 Å². The molecule has 0 aliphatic carbocycles. The summed E-state index contributed by atoms with van der Waals surface area (Å²) in [5.41, 5.74) is 0. The van der Waals surface area contributed by atoms with Crippen molar-refractivity contribution in [1.29, 1.82) is 0 Å². The van der Waals surface area contributed by atoms with E-state index in [1.54, 1.807) is 6.41 Å². The van der Waals surface area contributed by atoms with E-state index in [9.17, 15) is 4.79 Å². The van der Waals surface area contributed by atoms with Gasteiger partial charge in [-0.2, -0.15) is 0 Å². The molecule has 1 N–H and O–H groups in total. The van der Waals surface area contributed by atoms with Gasteiger partial charge in [0.15, 0.2) is 0 Å². The SMILES string of the molecule is CCCCCCCCCCCCCCCCCCCCCCCCCCCCCCN[C]=O. The third-order valence-electron chi connectivity index (χ3n) is 7.23. The van der Waals surface area contributed by atoms with Crippen molar-refractivity contribution >= 4 is 6.41 Å². The summed E-state index contributed by atoms with van der Waals surface area (Å²) in [4.78, 5) is 10.0. The Hall–Kier alpha value is -0.530. The highest BCUT2D eigenvalue weighted by atomic mass is 16.1. The highest BCUT2D eigenvalue weighted by molar-refractivity contribution is 5.46. The van der Waals surface area contributed by atoms with Crippen molar-refractivity contribution < 1.29 is 4.79 Å². The van der Waals surface area contributed by atoms with E-state index in [0.29, 0.717) is 0 Å². The van der Waals surface area contributed by atoms with Gasteiger partial charge in [-0.05, 0) is 6.42 Å².